The molecule has 0 saturated carbocycles. The summed E-state index contributed by atoms with van der Waals surface area (Å²) in [5, 5.41) is 7.88. The van der Waals surface area contributed by atoms with Gasteiger partial charge < -0.3 is 10.6 Å². The van der Waals surface area contributed by atoms with Gasteiger partial charge in [-0.3, -0.25) is 14.9 Å². The van der Waals surface area contributed by atoms with Crippen LogP contribution in [0.4, 0.5) is 4.79 Å². The first kappa shape index (κ1) is 14.3. The van der Waals surface area contributed by atoms with Gasteiger partial charge in [0.05, 0.1) is 6.42 Å². The molecular weight excluding hydrogens is 282 g/mol. The van der Waals surface area contributed by atoms with Crippen molar-refractivity contribution in [2.45, 2.75) is 18.9 Å². The van der Waals surface area contributed by atoms with Crippen molar-refractivity contribution in [2.24, 2.45) is 0 Å². The summed E-state index contributed by atoms with van der Waals surface area (Å²) in [7, 11) is 0. The lowest BCUT2D eigenvalue weighted by atomic mass is 10.1. The van der Waals surface area contributed by atoms with E-state index in [1.165, 1.54) is 0 Å². The summed E-state index contributed by atoms with van der Waals surface area (Å²) in [5.74, 6) is -0.518. The summed E-state index contributed by atoms with van der Waals surface area (Å²) in [5.41, 5.74) is 0.821. The number of urea groups is 1. The molecule has 1 heterocycles. The average Bonchev–Trinajstić information content (AvgIpc) is 2.68. The highest BCUT2D eigenvalue weighted by atomic mass is 35.5. The van der Waals surface area contributed by atoms with Gasteiger partial charge in [-0.15, -0.1) is 0 Å². The van der Waals surface area contributed by atoms with Crippen LogP contribution in [0.3, 0.4) is 0 Å². The first-order chi connectivity index (χ1) is 9.54. The maximum absolute atomic E-state index is 11.7. The quantitative estimate of drug-likeness (QED) is 0.695. The normalized spacial score (nSPS) is 17.6. The first-order valence-corrected chi connectivity index (χ1v) is 6.55. The maximum Gasteiger partial charge on any atom is 0.322 e. The number of carbonyl (C=O) groups is 3. The Hall–Kier alpha value is -2.08. The number of nitrogens with one attached hydrogen (secondary N) is 3. The Kier molecular flexibility index (Phi) is 4.57. The van der Waals surface area contributed by atoms with Gasteiger partial charge in [0, 0.05) is 11.6 Å². The highest BCUT2D eigenvalue weighted by Crippen LogP contribution is 2.10. The number of halogens is 1. The van der Waals surface area contributed by atoms with Crippen LogP contribution in [0.25, 0.3) is 0 Å². The fourth-order valence-electron chi connectivity index (χ4n) is 1.91. The number of rotatable bonds is 5. The van der Waals surface area contributed by atoms with E-state index in [0.29, 0.717) is 18.0 Å². The lowest BCUT2D eigenvalue weighted by Gasteiger charge is -2.08. The second kappa shape index (κ2) is 6.38. The lowest BCUT2D eigenvalue weighted by molar-refractivity contribution is -0.122. The summed E-state index contributed by atoms with van der Waals surface area (Å²) < 4.78 is 0. The molecular formula is C13H14ClN3O3. The van der Waals surface area contributed by atoms with E-state index in [1.54, 1.807) is 18.2 Å². The molecule has 0 aromatic heterocycles. The minimum absolute atomic E-state index is 0.156. The van der Waals surface area contributed by atoms with E-state index in [4.69, 9.17) is 11.6 Å². The minimum Gasteiger partial charge on any atom is -0.356 e. The van der Waals surface area contributed by atoms with Crippen LogP contribution in [-0.2, 0) is 16.0 Å². The zero-order valence-corrected chi connectivity index (χ0v) is 11.4. The molecule has 1 fully saturated rings. The molecule has 3 N–H and O–H groups in total. The predicted octanol–water partition coefficient (Wildman–Crippen LogP) is 0.597. The van der Waals surface area contributed by atoms with Crippen molar-refractivity contribution < 1.29 is 14.4 Å². The highest BCUT2D eigenvalue weighted by molar-refractivity contribution is 6.30. The average molecular weight is 296 g/mol. The summed E-state index contributed by atoms with van der Waals surface area (Å²) in [6, 6.07) is 5.99. The van der Waals surface area contributed by atoms with Gasteiger partial charge in [0.2, 0.25) is 5.91 Å². The van der Waals surface area contributed by atoms with Gasteiger partial charge in [0.25, 0.3) is 5.91 Å². The Bertz CT molecular complexity index is 547. The molecule has 0 bridgehead atoms. The minimum atomic E-state index is -0.575. The molecule has 0 aliphatic carbocycles. The zero-order valence-electron chi connectivity index (χ0n) is 10.6. The van der Waals surface area contributed by atoms with Crippen LogP contribution in [0.15, 0.2) is 24.3 Å². The molecule has 7 heteroatoms. The number of hydrogen-bond acceptors (Lipinski definition) is 3. The molecule has 0 radical (unpaired) electrons. The zero-order chi connectivity index (χ0) is 14.5. The van der Waals surface area contributed by atoms with E-state index in [0.717, 1.165) is 5.56 Å². The molecule has 1 aromatic carbocycles. The van der Waals surface area contributed by atoms with Crippen LogP contribution in [0.1, 0.15) is 12.0 Å². The largest absolute Gasteiger partial charge is 0.356 e. The molecule has 4 amide bonds. The fourth-order valence-corrected chi connectivity index (χ4v) is 2.13. The molecule has 1 aliphatic rings. The number of amides is 4. The van der Waals surface area contributed by atoms with E-state index in [-0.39, 0.29) is 18.2 Å². The van der Waals surface area contributed by atoms with Gasteiger partial charge in [0.1, 0.15) is 6.04 Å². The number of imide groups is 1. The molecule has 1 atom stereocenters. The third-order valence-corrected chi connectivity index (χ3v) is 3.10. The van der Waals surface area contributed by atoms with Crippen LogP contribution in [-0.4, -0.2) is 30.4 Å². The molecule has 1 aliphatic heterocycles. The number of hydrogen-bond donors (Lipinski definition) is 3. The fraction of sp³-hybridized carbons (Fsp3) is 0.308. The van der Waals surface area contributed by atoms with E-state index in [1.807, 2.05) is 6.07 Å². The van der Waals surface area contributed by atoms with Gasteiger partial charge in [-0.2, -0.15) is 0 Å². The molecule has 6 nitrogen and oxygen atoms in total. The van der Waals surface area contributed by atoms with Crippen molar-refractivity contribution in [3.05, 3.63) is 34.9 Å². The smallest absolute Gasteiger partial charge is 0.322 e. The van der Waals surface area contributed by atoms with E-state index in [2.05, 4.69) is 16.0 Å². The monoisotopic (exact) mass is 295 g/mol. The third kappa shape index (κ3) is 3.96. The Morgan fingerprint density at radius 1 is 1.35 bits per heavy atom. The molecule has 1 saturated heterocycles. The van der Waals surface area contributed by atoms with Crippen LogP contribution >= 0.6 is 11.6 Å². The standard InChI is InChI=1S/C13H14ClN3O3/c14-9-3-1-2-8(6-9)7-11(18)15-5-4-10-12(19)17-13(20)16-10/h1-3,6,10H,4-5,7H2,(H,15,18)(H2,16,17,19,20). The van der Waals surface area contributed by atoms with Crippen LogP contribution in [0, 0.1) is 0 Å². The molecule has 106 valence electrons. The van der Waals surface area contributed by atoms with Crippen LogP contribution in [0.5, 0.6) is 0 Å². The third-order valence-electron chi connectivity index (χ3n) is 2.87. The van der Waals surface area contributed by atoms with Crippen molar-refractivity contribution in [3.63, 3.8) is 0 Å². The van der Waals surface area contributed by atoms with Gasteiger partial charge in [0.15, 0.2) is 0 Å². The van der Waals surface area contributed by atoms with E-state index < -0.39 is 12.1 Å². The Labute approximate surface area is 120 Å². The summed E-state index contributed by atoms with van der Waals surface area (Å²) in [4.78, 5) is 33.9. The van der Waals surface area contributed by atoms with Crippen molar-refractivity contribution >= 4 is 29.4 Å². The predicted molar refractivity (Wildman–Crippen MR) is 73.2 cm³/mol. The van der Waals surface area contributed by atoms with Gasteiger partial charge in [-0.05, 0) is 24.1 Å². The van der Waals surface area contributed by atoms with E-state index >= 15 is 0 Å². The summed E-state index contributed by atoms with van der Waals surface area (Å²) in [6.45, 7) is 0.317. The Morgan fingerprint density at radius 2 is 2.15 bits per heavy atom. The Morgan fingerprint density at radius 3 is 2.80 bits per heavy atom. The maximum atomic E-state index is 11.7. The van der Waals surface area contributed by atoms with Gasteiger partial charge >= 0.3 is 6.03 Å². The van der Waals surface area contributed by atoms with Crippen molar-refractivity contribution in [2.75, 3.05) is 6.54 Å². The van der Waals surface area contributed by atoms with E-state index in [9.17, 15) is 14.4 Å². The van der Waals surface area contributed by atoms with Crippen molar-refractivity contribution in [1.82, 2.24) is 16.0 Å². The summed E-state index contributed by atoms with van der Waals surface area (Å²) in [6.07, 6.45) is 0.586. The summed E-state index contributed by atoms with van der Waals surface area (Å²) >= 11 is 5.83. The molecule has 1 aromatic rings. The van der Waals surface area contributed by atoms with Crippen LogP contribution < -0.4 is 16.0 Å². The van der Waals surface area contributed by atoms with Crippen molar-refractivity contribution in [3.8, 4) is 0 Å². The lowest BCUT2D eigenvalue weighted by Crippen LogP contribution is -2.35. The first-order valence-electron chi connectivity index (χ1n) is 6.17. The number of benzene rings is 1. The van der Waals surface area contributed by atoms with Gasteiger partial charge in [-0.25, -0.2) is 4.79 Å². The molecule has 1 unspecified atom stereocenters. The Balaban J connectivity index is 1.73. The van der Waals surface area contributed by atoms with Crippen molar-refractivity contribution in [1.29, 1.82) is 0 Å². The second-order valence-corrected chi connectivity index (χ2v) is 4.90. The topological polar surface area (TPSA) is 87.3 Å². The molecule has 0 spiro atoms. The van der Waals surface area contributed by atoms with Gasteiger partial charge in [-0.1, -0.05) is 23.7 Å². The molecule has 2 rings (SSSR count). The SMILES string of the molecule is O=C(Cc1cccc(Cl)c1)NCCC1NC(=O)NC1=O. The molecule has 20 heavy (non-hydrogen) atoms. The highest BCUT2D eigenvalue weighted by Gasteiger charge is 2.28. The number of carbonyl (C=O) groups excluding carboxylic acids is 3. The van der Waals surface area contributed by atoms with Crippen LogP contribution in [0.2, 0.25) is 5.02 Å². The second-order valence-electron chi connectivity index (χ2n) is 4.46.